The lowest BCUT2D eigenvalue weighted by molar-refractivity contribution is 0.170. The van der Waals surface area contributed by atoms with Crippen LogP contribution in [-0.2, 0) is 6.42 Å². The third-order valence-electron chi connectivity index (χ3n) is 6.11. The van der Waals surface area contributed by atoms with Gasteiger partial charge in [-0.25, -0.2) is 4.98 Å². The monoisotopic (exact) mass is 490 g/mol. The van der Waals surface area contributed by atoms with E-state index in [4.69, 9.17) is 4.74 Å². The van der Waals surface area contributed by atoms with Gasteiger partial charge in [-0.1, -0.05) is 6.92 Å². The summed E-state index contributed by atoms with van der Waals surface area (Å²) >= 11 is 0. The molecule has 36 heavy (non-hydrogen) atoms. The zero-order valence-electron chi connectivity index (χ0n) is 21.8. The fourth-order valence-electron chi connectivity index (χ4n) is 5.09. The molecule has 0 aliphatic carbocycles. The largest absolute Gasteiger partial charge is 0.494 e. The van der Waals surface area contributed by atoms with Gasteiger partial charge in [0.2, 0.25) is 5.95 Å². The first-order valence-corrected chi connectivity index (χ1v) is 12.2. The lowest BCUT2D eigenvalue weighted by Crippen LogP contribution is -2.60. The van der Waals surface area contributed by atoms with E-state index in [0.717, 1.165) is 37.2 Å². The smallest absolute Gasteiger partial charge is 0.229 e. The average Bonchev–Trinajstić information content (AvgIpc) is 3.25. The van der Waals surface area contributed by atoms with Crippen LogP contribution in [0.5, 0.6) is 5.75 Å². The molecule has 0 amide bonds. The summed E-state index contributed by atoms with van der Waals surface area (Å²) in [5.74, 6) is 2.30. The number of hydrogen-bond donors (Lipinski definition) is 3. The van der Waals surface area contributed by atoms with Gasteiger partial charge in [0, 0.05) is 29.2 Å². The van der Waals surface area contributed by atoms with E-state index in [0.29, 0.717) is 28.8 Å². The Morgan fingerprint density at radius 1 is 1.22 bits per heavy atom. The van der Waals surface area contributed by atoms with Gasteiger partial charge in [-0.3, -0.25) is 0 Å². The van der Waals surface area contributed by atoms with Gasteiger partial charge >= 0.3 is 0 Å². The lowest BCUT2D eigenvalue weighted by Gasteiger charge is -2.46. The number of methoxy groups -OCH3 is 1. The Hall–Kier alpha value is -3.78. The van der Waals surface area contributed by atoms with Gasteiger partial charge in [0.05, 0.1) is 13.3 Å². The molecule has 2 aromatic heterocycles. The third kappa shape index (κ3) is 5.71. The molecule has 3 heterocycles. The van der Waals surface area contributed by atoms with Crippen molar-refractivity contribution in [1.29, 1.82) is 5.26 Å². The Balaban J connectivity index is 1.61. The molecule has 0 saturated carbocycles. The van der Waals surface area contributed by atoms with Gasteiger partial charge in [0.25, 0.3) is 0 Å². The van der Waals surface area contributed by atoms with E-state index in [1.54, 1.807) is 18.0 Å². The van der Waals surface area contributed by atoms with E-state index < -0.39 is 0 Å². The minimum absolute atomic E-state index is 0.0350. The fraction of sp³-hybridized carbons (Fsp3) is 0.520. The maximum atomic E-state index is 9.67. The molecule has 3 aromatic rings. The Kier molecular flexibility index (Phi) is 7.08. The normalized spacial score (nSPS) is 16.8. The molecule has 11 nitrogen and oxygen atoms in total. The van der Waals surface area contributed by atoms with Crippen LogP contribution in [0.1, 0.15) is 65.3 Å². The van der Waals surface area contributed by atoms with Gasteiger partial charge in [0.15, 0.2) is 5.82 Å². The summed E-state index contributed by atoms with van der Waals surface area (Å²) in [5, 5.41) is 32.2. The van der Waals surface area contributed by atoms with Crippen molar-refractivity contribution >= 4 is 17.5 Å². The van der Waals surface area contributed by atoms with Crippen LogP contribution in [0.2, 0.25) is 0 Å². The second-order valence-electron chi connectivity index (χ2n) is 10.5. The number of benzene rings is 1. The van der Waals surface area contributed by atoms with E-state index in [-0.39, 0.29) is 17.1 Å². The third-order valence-corrected chi connectivity index (χ3v) is 6.11. The van der Waals surface area contributed by atoms with Crippen LogP contribution in [0.15, 0.2) is 24.4 Å². The van der Waals surface area contributed by atoms with Crippen molar-refractivity contribution < 1.29 is 4.74 Å². The van der Waals surface area contributed by atoms with E-state index in [1.807, 2.05) is 18.2 Å². The zero-order valence-corrected chi connectivity index (χ0v) is 21.8. The highest BCUT2D eigenvalue weighted by molar-refractivity contribution is 5.64. The molecule has 1 aliphatic rings. The van der Waals surface area contributed by atoms with E-state index in [2.05, 4.69) is 82.1 Å². The predicted octanol–water partition coefficient (Wildman–Crippen LogP) is 3.75. The van der Waals surface area contributed by atoms with E-state index in [9.17, 15) is 5.26 Å². The summed E-state index contributed by atoms with van der Waals surface area (Å²) in [6, 6.07) is 7.98. The molecule has 0 radical (unpaired) electrons. The number of rotatable bonds is 8. The first kappa shape index (κ1) is 25.3. The van der Waals surface area contributed by atoms with Crippen LogP contribution >= 0.6 is 0 Å². The molecule has 1 aliphatic heterocycles. The molecule has 0 bridgehead atoms. The van der Waals surface area contributed by atoms with Crippen LogP contribution in [0.3, 0.4) is 0 Å². The fourth-order valence-corrected chi connectivity index (χ4v) is 5.09. The van der Waals surface area contributed by atoms with Crippen molar-refractivity contribution in [3.63, 3.8) is 0 Å². The summed E-state index contributed by atoms with van der Waals surface area (Å²) in [6.07, 6.45) is 5.01. The first-order chi connectivity index (χ1) is 17.1. The lowest BCUT2D eigenvalue weighted by atomic mass is 9.79. The Morgan fingerprint density at radius 3 is 2.64 bits per heavy atom. The molecule has 1 saturated heterocycles. The van der Waals surface area contributed by atoms with Crippen LogP contribution in [0, 0.1) is 11.3 Å². The minimum Gasteiger partial charge on any atom is -0.494 e. The number of nitrogens with one attached hydrogen (secondary N) is 3. The molecule has 190 valence electrons. The standard InChI is InChI=1S/C25H34N10O/c1-7-8-21-31-33-34-35(21)19-11-17(9-10-20(19)36-6)29-23-27-15-16(14-26)22(30-23)28-18-12-24(2,3)32-25(4,5)13-18/h9-11,15,18,32H,7-8,12-13H2,1-6H3,(H2,27,28,29,30). The zero-order chi connectivity index (χ0) is 25.9. The summed E-state index contributed by atoms with van der Waals surface area (Å²) < 4.78 is 7.23. The maximum Gasteiger partial charge on any atom is 0.229 e. The van der Waals surface area contributed by atoms with Gasteiger partial charge < -0.3 is 20.7 Å². The number of nitriles is 1. The van der Waals surface area contributed by atoms with Crippen molar-refractivity contribution in [1.82, 2.24) is 35.5 Å². The molecule has 11 heteroatoms. The highest BCUT2D eigenvalue weighted by atomic mass is 16.5. The van der Waals surface area contributed by atoms with Crippen LogP contribution in [0.4, 0.5) is 17.5 Å². The number of tetrazole rings is 1. The van der Waals surface area contributed by atoms with Crippen LogP contribution in [0.25, 0.3) is 5.69 Å². The molecule has 1 aromatic carbocycles. The highest BCUT2D eigenvalue weighted by Gasteiger charge is 2.38. The first-order valence-electron chi connectivity index (χ1n) is 12.2. The maximum absolute atomic E-state index is 9.67. The van der Waals surface area contributed by atoms with Crippen molar-refractivity contribution in [3.05, 3.63) is 35.8 Å². The molecule has 0 spiro atoms. The molecule has 0 atom stereocenters. The number of aryl methyl sites for hydroxylation is 1. The topological polar surface area (TPSA) is 138 Å². The number of piperidine rings is 1. The number of nitrogens with zero attached hydrogens (tertiary/aromatic N) is 7. The van der Waals surface area contributed by atoms with Gasteiger partial charge in [-0.05, 0) is 75.6 Å². The number of anilines is 3. The van der Waals surface area contributed by atoms with Crippen molar-refractivity contribution in [2.45, 2.75) is 77.4 Å². The number of hydrogen-bond acceptors (Lipinski definition) is 10. The summed E-state index contributed by atoms with van der Waals surface area (Å²) in [4.78, 5) is 9.02. The van der Waals surface area contributed by atoms with Crippen LogP contribution < -0.4 is 20.7 Å². The molecular formula is C25H34N10O. The molecule has 4 rings (SSSR count). The number of aromatic nitrogens is 6. The van der Waals surface area contributed by atoms with E-state index >= 15 is 0 Å². The van der Waals surface area contributed by atoms with Crippen molar-refractivity contribution in [2.24, 2.45) is 0 Å². The Bertz CT molecular complexity index is 1240. The predicted molar refractivity (Wildman–Crippen MR) is 138 cm³/mol. The van der Waals surface area contributed by atoms with Gasteiger partial charge in [-0.2, -0.15) is 14.9 Å². The quantitative estimate of drug-likeness (QED) is 0.428. The summed E-state index contributed by atoms with van der Waals surface area (Å²) in [6.45, 7) is 10.8. The Morgan fingerprint density at radius 2 is 1.97 bits per heavy atom. The SMILES string of the molecule is CCCc1nnnn1-c1cc(Nc2ncc(C#N)c(NC3CC(C)(C)NC(C)(C)C3)n2)ccc1OC. The highest BCUT2D eigenvalue weighted by Crippen LogP contribution is 2.32. The molecule has 1 fully saturated rings. The average molecular weight is 491 g/mol. The van der Waals surface area contributed by atoms with Gasteiger partial charge in [-0.15, -0.1) is 5.10 Å². The van der Waals surface area contributed by atoms with Crippen LogP contribution in [-0.4, -0.2) is 54.4 Å². The minimum atomic E-state index is -0.0350. The summed E-state index contributed by atoms with van der Waals surface area (Å²) in [5.41, 5.74) is 1.79. The van der Waals surface area contributed by atoms with Crippen molar-refractivity contribution in [3.8, 4) is 17.5 Å². The summed E-state index contributed by atoms with van der Waals surface area (Å²) in [7, 11) is 1.61. The van der Waals surface area contributed by atoms with E-state index in [1.165, 1.54) is 0 Å². The molecule has 3 N–H and O–H groups in total. The van der Waals surface area contributed by atoms with Crippen molar-refractivity contribution in [2.75, 3.05) is 17.7 Å². The second kappa shape index (κ2) is 10.1. The Labute approximate surface area is 211 Å². The van der Waals surface area contributed by atoms with Gasteiger partial charge in [0.1, 0.15) is 28.9 Å². The molecular weight excluding hydrogens is 456 g/mol. The number of ether oxygens (including phenoxy) is 1. The second-order valence-corrected chi connectivity index (χ2v) is 10.5. The molecule has 0 unspecified atom stereocenters.